The maximum absolute atomic E-state index is 13.0. The number of hydrogen-bond donors (Lipinski definition) is 0. The van der Waals surface area contributed by atoms with Crippen molar-refractivity contribution in [2.75, 3.05) is 0 Å². The zero-order valence-electron chi connectivity index (χ0n) is 10.8. The van der Waals surface area contributed by atoms with Gasteiger partial charge in [-0.15, -0.1) is 0 Å². The van der Waals surface area contributed by atoms with Crippen LogP contribution in [0.4, 0.5) is 26.3 Å². The van der Waals surface area contributed by atoms with E-state index < -0.39 is 34.6 Å². The van der Waals surface area contributed by atoms with E-state index in [1.54, 1.807) is 6.07 Å². The van der Waals surface area contributed by atoms with E-state index in [0.717, 1.165) is 24.3 Å². The van der Waals surface area contributed by atoms with Crippen LogP contribution in [0.5, 0.6) is 0 Å². The van der Waals surface area contributed by atoms with Crippen molar-refractivity contribution < 1.29 is 26.3 Å². The molecule has 0 aromatic heterocycles. The molecule has 0 fully saturated rings. The number of nitriles is 1. The van der Waals surface area contributed by atoms with Crippen LogP contribution in [0.15, 0.2) is 42.5 Å². The van der Waals surface area contributed by atoms with E-state index in [1.165, 1.54) is 6.07 Å². The SMILES string of the molecule is N#Cc1ccc(C(F)(F)F)cc1-c1ccccc1C(F)(F)F. The zero-order valence-corrected chi connectivity index (χ0v) is 10.8. The second-order valence-electron chi connectivity index (χ2n) is 4.41. The molecule has 1 nitrogen and oxygen atoms in total. The molecule has 2 aromatic carbocycles. The summed E-state index contributed by atoms with van der Waals surface area (Å²) in [6, 6.07) is 7.91. The first-order chi connectivity index (χ1) is 10.1. The predicted octanol–water partition coefficient (Wildman–Crippen LogP) is 5.26. The van der Waals surface area contributed by atoms with Gasteiger partial charge in [-0.3, -0.25) is 0 Å². The summed E-state index contributed by atoms with van der Waals surface area (Å²) in [7, 11) is 0. The van der Waals surface area contributed by atoms with Gasteiger partial charge in [0.25, 0.3) is 0 Å². The quantitative estimate of drug-likeness (QED) is 0.658. The smallest absolute Gasteiger partial charge is 0.192 e. The van der Waals surface area contributed by atoms with Gasteiger partial charge < -0.3 is 0 Å². The Morgan fingerprint density at radius 3 is 1.95 bits per heavy atom. The molecule has 0 atom stereocenters. The third-order valence-corrected chi connectivity index (χ3v) is 2.99. The van der Waals surface area contributed by atoms with Gasteiger partial charge in [-0.05, 0) is 29.8 Å². The van der Waals surface area contributed by atoms with E-state index >= 15 is 0 Å². The van der Waals surface area contributed by atoms with E-state index in [2.05, 4.69) is 0 Å². The molecule has 0 saturated heterocycles. The second kappa shape index (κ2) is 5.37. The molecule has 0 saturated carbocycles. The summed E-state index contributed by atoms with van der Waals surface area (Å²) in [6.07, 6.45) is -9.45. The molecule has 0 unspecified atom stereocenters. The van der Waals surface area contributed by atoms with Gasteiger partial charge in [0.15, 0.2) is 0 Å². The van der Waals surface area contributed by atoms with Crippen LogP contribution in [0.25, 0.3) is 11.1 Å². The van der Waals surface area contributed by atoms with Crippen LogP contribution in [0.1, 0.15) is 16.7 Å². The molecule has 0 amide bonds. The van der Waals surface area contributed by atoms with Gasteiger partial charge >= 0.3 is 12.4 Å². The largest absolute Gasteiger partial charge is 0.417 e. The summed E-state index contributed by atoms with van der Waals surface area (Å²) in [5, 5.41) is 8.95. The van der Waals surface area contributed by atoms with E-state index in [9.17, 15) is 26.3 Å². The fourth-order valence-corrected chi connectivity index (χ4v) is 2.01. The van der Waals surface area contributed by atoms with Crippen molar-refractivity contribution in [3.05, 3.63) is 59.2 Å². The van der Waals surface area contributed by atoms with Gasteiger partial charge in [0.2, 0.25) is 0 Å². The Morgan fingerprint density at radius 2 is 1.41 bits per heavy atom. The molecule has 0 N–H and O–H groups in total. The first-order valence-corrected chi connectivity index (χ1v) is 5.92. The highest BCUT2D eigenvalue weighted by molar-refractivity contribution is 5.74. The van der Waals surface area contributed by atoms with Crippen LogP contribution in [0.3, 0.4) is 0 Å². The lowest BCUT2D eigenvalue weighted by molar-refractivity contribution is -0.137. The fourth-order valence-electron chi connectivity index (χ4n) is 2.01. The third kappa shape index (κ3) is 3.06. The molecule has 114 valence electrons. The number of rotatable bonds is 1. The number of hydrogen-bond acceptors (Lipinski definition) is 1. The van der Waals surface area contributed by atoms with Crippen LogP contribution in [-0.4, -0.2) is 0 Å². The number of nitrogens with zero attached hydrogens (tertiary/aromatic N) is 1. The molecule has 0 aliphatic rings. The van der Waals surface area contributed by atoms with Crippen molar-refractivity contribution >= 4 is 0 Å². The average molecular weight is 315 g/mol. The zero-order chi connectivity index (χ0) is 16.5. The Bertz CT molecular complexity index is 737. The molecule has 0 spiro atoms. The minimum absolute atomic E-state index is 0.260. The molecular formula is C15H7F6N. The van der Waals surface area contributed by atoms with Gasteiger partial charge in [-0.1, -0.05) is 18.2 Å². The first kappa shape index (κ1) is 15.9. The molecule has 0 aliphatic carbocycles. The fraction of sp³-hybridized carbons (Fsp3) is 0.133. The summed E-state index contributed by atoms with van der Waals surface area (Å²) in [5.74, 6) is 0. The lowest BCUT2D eigenvalue weighted by Crippen LogP contribution is -2.09. The van der Waals surface area contributed by atoms with Crippen LogP contribution in [-0.2, 0) is 12.4 Å². The number of benzene rings is 2. The molecule has 2 aromatic rings. The second-order valence-corrected chi connectivity index (χ2v) is 4.41. The van der Waals surface area contributed by atoms with Crippen molar-refractivity contribution in [3.8, 4) is 17.2 Å². The topological polar surface area (TPSA) is 23.8 Å². The van der Waals surface area contributed by atoms with Crippen molar-refractivity contribution in [1.29, 1.82) is 5.26 Å². The molecule has 0 bridgehead atoms. The highest BCUT2D eigenvalue weighted by Crippen LogP contribution is 2.40. The minimum atomic E-state index is -4.74. The van der Waals surface area contributed by atoms with Crippen LogP contribution in [0, 0.1) is 11.3 Å². The Kier molecular flexibility index (Phi) is 3.88. The minimum Gasteiger partial charge on any atom is -0.192 e. The van der Waals surface area contributed by atoms with Gasteiger partial charge in [0.1, 0.15) is 0 Å². The number of halogens is 6. The van der Waals surface area contributed by atoms with Crippen LogP contribution in [0.2, 0.25) is 0 Å². The van der Waals surface area contributed by atoms with Crippen molar-refractivity contribution in [2.24, 2.45) is 0 Å². The summed E-state index contributed by atoms with van der Waals surface area (Å²) < 4.78 is 77.2. The maximum Gasteiger partial charge on any atom is 0.417 e. The van der Waals surface area contributed by atoms with E-state index in [1.807, 2.05) is 0 Å². The van der Waals surface area contributed by atoms with Crippen molar-refractivity contribution in [1.82, 2.24) is 0 Å². The van der Waals surface area contributed by atoms with E-state index in [4.69, 9.17) is 5.26 Å². The lowest BCUT2D eigenvalue weighted by atomic mass is 9.93. The highest BCUT2D eigenvalue weighted by Gasteiger charge is 2.35. The van der Waals surface area contributed by atoms with Gasteiger partial charge in [0.05, 0.1) is 22.8 Å². The molecular weight excluding hydrogens is 308 g/mol. The Hall–Kier alpha value is -2.49. The molecule has 22 heavy (non-hydrogen) atoms. The van der Waals surface area contributed by atoms with E-state index in [-0.39, 0.29) is 5.56 Å². The Balaban J connectivity index is 2.75. The Labute approximate surface area is 121 Å². The summed E-state index contributed by atoms with van der Waals surface area (Å²) >= 11 is 0. The lowest BCUT2D eigenvalue weighted by Gasteiger charge is -2.15. The molecule has 2 rings (SSSR count). The van der Waals surface area contributed by atoms with Gasteiger partial charge in [-0.2, -0.15) is 31.6 Å². The standard InChI is InChI=1S/C15H7F6N/c16-14(17,18)10-6-5-9(8-22)12(7-10)11-3-1-2-4-13(11)15(19,20)21/h1-7H. The predicted molar refractivity (Wildman–Crippen MR) is 66.6 cm³/mol. The van der Waals surface area contributed by atoms with Crippen LogP contribution >= 0.6 is 0 Å². The molecule has 0 heterocycles. The molecule has 7 heteroatoms. The maximum atomic E-state index is 13.0. The van der Waals surface area contributed by atoms with Crippen LogP contribution < -0.4 is 0 Å². The molecule has 0 radical (unpaired) electrons. The monoisotopic (exact) mass is 315 g/mol. The van der Waals surface area contributed by atoms with Gasteiger partial charge in [-0.25, -0.2) is 0 Å². The first-order valence-electron chi connectivity index (χ1n) is 5.92. The summed E-state index contributed by atoms with van der Waals surface area (Å²) in [4.78, 5) is 0. The van der Waals surface area contributed by atoms with Crippen molar-refractivity contribution in [2.45, 2.75) is 12.4 Å². The Morgan fingerprint density at radius 1 is 0.773 bits per heavy atom. The number of alkyl halides is 6. The summed E-state index contributed by atoms with van der Waals surface area (Å²) in [6.45, 7) is 0. The van der Waals surface area contributed by atoms with Crippen molar-refractivity contribution in [3.63, 3.8) is 0 Å². The normalized spacial score (nSPS) is 12.0. The summed E-state index contributed by atoms with van der Waals surface area (Å²) in [5.41, 5.74) is -3.32. The highest BCUT2D eigenvalue weighted by atomic mass is 19.4. The average Bonchev–Trinajstić information content (AvgIpc) is 2.44. The molecule has 0 aliphatic heterocycles. The van der Waals surface area contributed by atoms with E-state index in [0.29, 0.717) is 12.1 Å². The van der Waals surface area contributed by atoms with Gasteiger partial charge in [0, 0.05) is 5.56 Å². The third-order valence-electron chi connectivity index (χ3n) is 2.99.